The van der Waals surface area contributed by atoms with E-state index in [-0.39, 0.29) is 23.9 Å². The van der Waals surface area contributed by atoms with Gasteiger partial charge in [0, 0.05) is 53.1 Å². The van der Waals surface area contributed by atoms with Crippen LogP contribution in [0.15, 0.2) is 128 Å². The van der Waals surface area contributed by atoms with E-state index in [4.69, 9.17) is 30.2 Å². The zero-order chi connectivity index (χ0) is 40.4. The SMILES string of the molecule is C=C(CC(=O)O)C(=O)O.COC(=O)C1CC(=O)N(c2ccc(-c3ccc(OC)c4ccccc34)cc2)C1.COc1ccc(-c2ccc(N)cc2)c2ccncc12. The van der Waals surface area contributed by atoms with Crippen LogP contribution in [0.3, 0.4) is 0 Å². The number of nitrogens with zero attached hydrogens (tertiary/aromatic N) is 2. The average molecular weight is 756 g/mol. The number of benzene rings is 5. The van der Waals surface area contributed by atoms with Crippen LogP contribution in [0.1, 0.15) is 12.8 Å². The molecule has 0 bridgehead atoms. The molecule has 286 valence electrons. The van der Waals surface area contributed by atoms with Gasteiger partial charge in [-0.1, -0.05) is 67.2 Å². The molecule has 1 fully saturated rings. The van der Waals surface area contributed by atoms with Gasteiger partial charge in [0.25, 0.3) is 0 Å². The van der Waals surface area contributed by atoms with Gasteiger partial charge in [-0.15, -0.1) is 0 Å². The zero-order valence-corrected chi connectivity index (χ0v) is 31.1. The number of esters is 1. The summed E-state index contributed by atoms with van der Waals surface area (Å²) in [4.78, 5) is 49.5. The number of amides is 1. The van der Waals surface area contributed by atoms with Gasteiger partial charge in [-0.3, -0.25) is 19.4 Å². The van der Waals surface area contributed by atoms with Gasteiger partial charge >= 0.3 is 17.9 Å². The number of carbonyl (C=O) groups is 4. The lowest BCUT2D eigenvalue weighted by molar-refractivity contribution is -0.145. The van der Waals surface area contributed by atoms with Gasteiger partial charge in [0.2, 0.25) is 5.91 Å². The normalized spacial score (nSPS) is 13.2. The highest BCUT2D eigenvalue weighted by Crippen LogP contribution is 2.36. The van der Waals surface area contributed by atoms with Crippen LogP contribution in [0.4, 0.5) is 11.4 Å². The van der Waals surface area contributed by atoms with E-state index in [1.54, 1.807) is 25.3 Å². The zero-order valence-electron chi connectivity index (χ0n) is 31.1. The smallest absolute Gasteiger partial charge is 0.331 e. The van der Waals surface area contributed by atoms with E-state index in [9.17, 15) is 19.2 Å². The molecule has 5 aromatic carbocycles. The maximum atomic E-state index is 12.3. The molecule has 2 heterocycles. The third kappa shape index (κ3) is 9.29. The highest BCUT2D eigenvalue weighted by Gasteiger charge is 2.35. The Morgan fingerprint density at radius 3 is 1.86 bits per heavy atom. The summed E-state index contributed by atoms with van der Waals surface area (Å²) in [6.45, 7) is 3.37. The van der Waals surface area contributed by atoms with E-state index in [0.717, 1.165) is 66.7 Å². The molecular weight excluding hydrogens is 714 g/mol. The molecule has 1 atom stereocenters. The van der Waals surface area contributed by atoms with Gasteiger partial charge < -0.3 is 35.1 Å². The number of rotatable bonds is 9. The van der Waals surface area contributed by atoms with Crippen molar-refractivity contribution in [3.8, 4) is 33.8 Å². The molecule has 7 rings (SSSR count). The predicted octanol–water partition coefficient (Wildman–Crippen LogP) is 7.64. The number of nitrogens with two attached hydrogens (primary N) is 1. The first-order valence-corrected chi connectivity index (χ1v) is 17.4. The van der Waals surface area contributed by atoms with Crippen LogP contribution in [0.25, 0.3) is 43.8 Å². The van der Waals surface area contributed by atoms with Gasteiger partial charge in [0.1, 0.15) is 11.5 Å². The molecule has 4 N–H and O–H groups in total. The van der Waals surface area contributed by atoms with Crippen LogP contribution in [0.5, 0.6) is 11.5 Å². The molecule has 0 saturated carbocycles. The number of carbonyl (C=O) groups excluding carboxylic acids is 2. The number of nitrogen functional groups attached to an aromatic ring is 1. The van der Waals surface area contributed by atoms with Crippen LogP contribution in [0.2, 0.25) is 0 Å². The minimum Gasteiger partial charge on any atom is -0.496 e. The summed E-state index contributed by atoms with van der Waals surface area (Å²) in [5.74, 6) is -1.56. The van der Waals surface area contributed by atoms with Crippen molar-refractivity contribution >= 4 is 56.7 Å². The summed E-state index contributed by atoms with van der Waals surface area (Å²) < 4.78 is 15.6. The van der Waals surface area contributed by atoms with E-state index >= 15 is 0 Å². The number of hydrogen-bond acceptors (Lipinski definition) is 9. The topological polar surface area (TPSA) is 179 Å². The Hall–Kier alpha value is -7.21. The van der Waals surface area contributed by atoms with Crippen molar-refractivity contribution in [3.63, 3.8) is 0 Å². The minimum atomic E-state index is -1.27. The summed E-state index contributed by atoms with van der Waals surface area (Å²) in [5.41, 5.74) is 11.4. The Balaban J connectivity index is 0.000000184. The number of aromatic nitrogens is 1. The largest absolute Gasteiger partial charge is 0.496 e. The van der Waals surface area contributed by atoms with Crippen molar-refractivity contribution in [3.05, 3.63) is 128 Å². The molecule has 0 spiro atoms. The summed E-state index contributed by atoms with van der Waals surface area (Å²) in [6, 6.07) is 33.9. The molecular formula is C44H41N3O9. The Kier molecular flexibility index (Phi) is 13.0. The summed E-state index contributed by atoms with van der Waals surface area (Å²) in [6.07, 6.45) is 3.31. The molecule has 12 heteroatoms. The second-order valence-corrected chi connectivity index (χ2v) is 12.7. The van der Waals surface area contributed by atoms with Crippen molar-refractivity contribution < 1.29 is 43.6 Å². The standard InChI is InChI=1S/C23H21NO4.C16H14N2O.C5H6O4/c1-27-21-12-11-18(19-5-3-4-6-20(19)21)15-7-9-17(10-8-15)24-14-16(13-22(24)25)23(26)28-2;1-19-16-7-6-13(11-2-4-12(17)5-3-11)14-8-9-18-10-15(14)16;1-3(5(8)9)2-4(6)7/h3-12,16H,13-14H2,1-2H3;2-10H,17H2,1H3;1-2H2,(H,6,7)(H,8,9). The number of methoxy groups -OCH3 is 3. The second kappa shape index (κ2) is 18.2. The summed E-state index contributed by atoms with van der Waals surface area (Å²) in [5, 5.41) is 20.4. The number of pyridine rings is 1. The lowest BCUT2D eigenvalue weighted by Gasteiger charge is -2.17. The maximum absolute atomic E-state index is 12.3. The number of aliphatic carboxylic acids is 2. The highest BCUT2D eigenvalue weighted by atomic mass is 16.5. The third-order valence-corrected chi connectivity index (χ3v) is 9.14. The van der Waals surface area contributed by atoms with Crippen molar-refractivity contribution in [2.45, 2.75) is 12.8 Å². The summed E-state index contributed by atoms with van der Waals surface area (Å²) >= 11 is 0. The molecule has 0 radical (unpaired) electrons. The Bertz CT molecular complexity index is 2390. The van der Waals surface area contributed by atoms with E-state index in [1.165, 1.54) is 7.11 Å². The minimum absolute atomic E-state index is 0.0574. The van der Waals surface area contributed by atoms with Crippen molar-refractivity contribution in [1.29, 1.82) is 0 Å². The average Bonchev–Trinajstić information content (AvgIpc) is 3.61. The lowest BCUT2D eigenvalue weighted by Crippen LogP contribution is -2.26. The first-order valence-electron chi connectivity index (χ1n) is 17.4. The second-order valence-electron chi connectivity index (χ2n) is 12.7. The first-order chi connectivity index (χ1) is 26.9. The number of hydrogen-bond donors (Lipinski definition) is 3. The molecule has 1 amide bonds. The van der Waals surface area contributed by atoms with Gasteiger partial charge in [0.05, 0.1) is 33.7 Å². The fourth-order valence-corrected chi connectivity index (χ4v) is 6.32. The number of carboxylic acids is 2. The monoisotopic (exact) mass is 755 g/mol. The van der Waals surface area contributed by atoms with Gasteiger partial charge in [-0.25, -0.2) is 4.79 Å². The Morgan fingerprint density at radius 2 is 1.32 bits per heavy atom. The van der Waals surface area contributed by atoms with Crippen LogP contribution in [-0.4, -0.2) is 66.9 Å². The maximum Gasteiger partial charge on any atom is 0.331 e. The number of anilines is 2. The molecule has 56 heavy (non-hydrogen) atoms. The molecule has 1 aliphatic rings. The molecule has 0 aliphatic carbocycles. The van der Waals surface area contributed by atoms with E-state index in [2.05, 4.69) is 23.7 Å². The molecule has 1 unspecified atom stereocenters. The first kappa shape index (κ1) is 40.0. The fourth-order valence-electron chi connectivity index (χ4n) is 6.32. The number of fused-ring (bicyclic) bond motifs is 2. The molecule has 1 saturated heterocycles. The van der Waals surface area contributed by atoms with Crippen molar-refractivity contribution in [1.82, 2.24) is 4.98 Å². The quantitative estimate of drug-likeness (QED) is 0.0750. The molecule has 6 aromatic rings. The van der Waals surface area contributed by atoms with Crippen LogP contribution >= 0.6 is 0 Å². The van der Waals surface area contributed by atoms with Gasteiger partial charge in [-0.05, 0) is 75.5 Å². The summed E-state index contributed by atoms with van der Waals surface area (Å²) in [7, 11) is 4.69. The Labute approximate surface area is 323 Å². The number of ether oxygens (including phenoxy) is 3. The van der Waals surface area contributed by atoms with Gasteiger partial charge in [-0.2, -0.15) is 0 Å². The van der Waals surface area contributed by atoms with Crippen molar-refractivity contribution in [2.24, 2.45) is 5.92 Å². The van der Waals surface area contributed by atoms with Crippen LogP contribution in [-0.2, 0) is 23.9 Å². The van der Waals surface area contributed by atoms with E-state index in [1.807, 2.05) is 97.2 Å². The number of carboxylic acid groups (broad SMARTS) is 2. The lowest BCUT2D eigenvalue weighted by atomic mass is 9.97. The van der Waals surface area contributed by atoms with Crippen LogP contribution in [0, 0.1) is 5.92 Å². The van der Waals surface area contributed by atoms with E-state index < -0.39 is 24.3 Å². The predicted molar refractivity (Wildman–Crippen MR) is 216 cm³/mol. The van der Waals surface area contributed by atoms with Crippen LogP contribution < -0.4 is 20.1 Å². The van der Waals surface area contributed by atoms with E-state index in [0.29, 0.717) is 6.54 Å². The fraction of sp³-hybridized carbons (Fsp3) is 0.159. The molecule has 1 aliphatic heterocycles. The highest BCUT2D eigenvalue weighted by molar-refractivity contribution is 6.02. The molecule has 1 aromatic heterocycles. The molecule has 12 nitrogen and oxygen atoms in total. The Morgan fingerprint density at radius 1 is 0.768 bits per heavy atom. The van der Waals surface area contributed by atoms with Crippen molar-refractivity contribution in [2.75, 3.05) is 38.5 Å². The third-order valence-electron chi connectivity index (χ3n) is 9.14. The van der Waals surface area contributed by atoms with Gasteiger partial charge in [0.15, 0.2) is 0 Å².